The van der Waals surface area contributed by atoms with Gasteiger partial charge in [0.1, 0.15) is 11.1 Å². The molecule has 30 heavy (non-hydrogen) atoms. The number of fused-ring (bicyclic) bond motifs is 2. The van der Waals surface area contributed by atoms with E-state index in [0.717, 1.165) is 72.7 Å². The molecule has 7 heteroatoms. The Hall–Kier alpha value is -2.56. The third kappa shape index (κ3) is 3.66. The number of nitrogens with zero attached hydrogens (tertiary/aromatic N) is 2. The summed E-state index contributed by atoms with van der Waals surface area (Å²) in [6, 6.07) is 8.63. The lowest BCUT2D eigenvalue weighted by atomic mass is 10.0. The Morgan fingerprint density at radius 3 is 2.93 bits per heavy atom. The quantitative estimate of drug-likeness (QED) is 0.803. The molecule has 1 saturated heterocycles. The van der Waals surface area contributed by atoms with Crippen LogP contribution in [-0.4, -0.2) is 37.1 Å². The second kappa shape index (κ2) is 8.29. The fourth-order valence-corrected chi connectivity index (χ4v) is 6.00. The van der Waals surface area contributed by atoms with E-state index in [9.17, 15) is 10.1 Å². The van der Waals surface area contributed by atoms with Crippen molar-refractivity contribution < 1.29 is 14.3 Å². The predicted molar refractivity (Wildman–Crippen MR) is 115 cm³/mol. The third-order valence-electron chi connectivity index (χ3n) is 6.15. The van der Waals surface area contributed by atoms with Gasteiger partial charge in [-0.2, -0.15) is 5.26 Å². The molecule has 0 radical (unpaired) electrons. The molecule has 1 atom stereocenters. The molecule has 2 aliphatic heterocycles. The first kappa shape index (κ1) is 19.4. The Morgan fingerprint density at radius 2 is 2.07 bits per heavy atom. The van der Waals surface area contributed by atoms with Gasteiger partial charge in [-0.1, -0.05) is 6.07 Å². The summed E-state index contributed by atoms with van der Waals surface area (Å²) in [5.41, 5.74) is 2.98. The summed E-state index contributed by atoms with van der Waals surface area (Å²) in [4.78, 5) is 16.3. The summed E-state index contributed by atoms with van der Waals surface area (Å²) < 4.78 is 11.6. The number of thiophene rings is 1. The van der Waals surface area contributed by atoms with Crippen molar-refractivity contribution >= 4 is 22.2 Å². The average molecular weight is 424 g/mol. The fraction of sp³-hybridized carbons (Fsp3) is 0.478. The minimum Gasteiger partial charge on any atom is -0.490 e. The smallest absolute Gasteiger partial charge is 0.239 e. The number of likely N-dealkylation sites (tertiary alicyclic amines) is 1. The summed E-state index contributed by atoms with van der Waals surface area (Å²) in [5, 5.41) is 13.3. The van der Waals surface area contributed by atoms with E-state index in [1.807, 2.05) is 6.07 Å². The maximum Gasteiger partial charge on any atom is 0.239 e. The van der Waals surface area contributed by atoms with Gasteiger partial charge in [0.25, 0.3) is 0 Å². The molecule has 0 unspecified atom stereocenters. The number of hydrogen-bond donors (Lipinski definition) is 1. The average Bonchev–Trinajstić information content (AvgIpc) is 3.40. The molecule has 156 valence electrons. The number of benzene rings is 1. The highest BCUT2D eigenvalue weighted by molar-refractivity contribution is 7.16. The van der Waals surface area contributed by atoms with Crippen molar-refractivity contribution in [2.45, 2.75) is 44.6 Å². The minimum atomic E-state index is -0.0485. The molecule has 2 aromatic rings. The number of ether oxygens (including phenoxy) is 2. The zero-order chi connectivity index (χ0) is 20.5. The maximum absolute atomic E-state index is 12.8. The van der Waals surface area contributed by atoms with Gasteiger partial charge in [0.05, 0.1) is 25.3 Å². The first-order valence-electron chi connectivity index (χ1n) is 10.7. The molecule has 1 fully saturated rings. The molecular weight excluding hydrogens is 398 g/mol. The van der Waals surface area contributed by atoms with Gasteiger partial charge in [0.2, 0.25) is 5.91 Å². The van der Waals surface area contributed by atoms with Crippen LogP contribution in [0.2, 0.25) is 0 Å². The van der Waals surface area contributed by atoms with Crippen LogP contribution in [0.15, 0.2) is 18.2 Å². The van der Waals surface area contributed by atoms with Crippen molar-refractivity contribution in [3.8, 4) is 17.6 Å². The van der Waals surface area contributed by atoms with Gasteiger partial charge in [-0.15, -0.1) is 11.3 Å². The Kier molecular flexibility index (Phi) is 5.36. The van der Waals surface area contributed by atoms with Crippen LogP contribution >= 0.6 is 11.3 Å². The predicted octanol–water partition coefficient (Wildman–Crippen LogP) is 4.05. The number of nitriles is 1. The van der Waals surface area contributed by atoms with Gasteiger partial charge in [0, 0.05) is 17.3 Å². The van der Waals surface area contributed by atoms with Crippen molar-refractivity contribution in [3.63, 3.8) is 0 Å². The number of rotatable bonds is 4. The van der Waals surface area contributed by atoms with Crippen LogP contribution in [0.1, 0.15) is 53.3 Å². The highest BCUT2D eigenvalue weighted by atomic mass is 32.1. The van der Waals surface area contributed by atoms with E-state index in [2.05, 4.69) is 28.4 Å². The molecule has 0 bridgehead atoms. The van der Waals surface area contributed by atoms with Gasteiger partial charge in [-0.3, -0.25) is 9.69 Å². The summed E-state index contributed by atoms with van der Waals surface area (Å²) in [6.07, 6.45) is 6.03. The van der Waals surface area contributed by atoms with Crippen molar-refractivity contribution in [2.24, 2.45) is 0 Å². The van der Waals surface area contributed by atoms with Gasteiger partial charge in [0.15, 0.2) is 11.5 Å². The minimum absolute atomic E-state index is 0.0485. The van der Waals surface area contributed by atoms with E-state index in [1.54, 1.807) is 11.3 Å². The molecular formula is C23H25N3O3S. The van der Waals surface area contributed by atoms with E-state index in [1.165, 1.54) is 4.88 Å². The standard InChI is InChI=1S/C23H25N3O3S/c24-13-17-16-4-1-6-21(16)30-23(17)25-22(27)14-26-9-2-5-18(26)15-7-8-19-20(12-15)29-11-3-10-28-19/h7-8,12,18H,1-6,9-11,14H2,(H,25,27)/t18-/m0/s1. The lowest BCUT2D eigenvalue weighted by Gasteiger charge is -2.24. The molecule has 3 heterocycles. The van der Waals surface area contributed by atoms with Crippen LogP contribution in [0.3, 0.4) is 0 Å². The van der Waals surface area contributed by atoms with Crippen molar-refractivity contribution in [1.82, 2.24) is 4.90 Å². The molecule has 1 amide bonds. The number of carbonyl (C=O) groups is 1. The molecule has 5 rings (SSSR count). The summed E-state index contributed by atoms with van der Waals surface area (Å²) in [5.74, 6) is 1.55. The number of hydrogen-bond acceptors (Lipinski definition) is 6. The summed E-state index contributed by atoms with van der Waals surface area (Å²) in [6.45, 7) is 2.56. The van der Waals surface area contributed by atoms with E-state index < -0.39 is 0 Å². The van der Waals surface area contributed by atoms with E-state index in [-0.39, 0.29) is 11.9 Å². The molecule has 1 aliphatic carbocycles. The second-order valence-electron chi connectivity index (χ2n) is 8.11. The van der Waals surface area contributed by atoms with Gasteiger partial charge in [-0.05, 0) is 61.9 Å². The lowest BCUT2D eigenvalue weighted by molar-refractivity contribution is -0.117. The first-order chi connectivity index (χ1) is 14.7. The Labute approximate surface area is 180 Å². The highest BCUT2D eigenvalue weighted by Crippen LogP contribution is 2.40. The van der Waals surface area contributed by atoms with Gasteiger partial charge >= 0.3 is 0 Å². The second-order valence-corrected chi connectivity index (χ2v) is 9.21. The van der Waals surface area contributed by atoms with Crippen LogP contribution < -0.4 is 14.8 Å². The van der Waals surface area contributed by atoms with Gasteiger partial charge < -0.3 is 14.8 Å². The van der Waals surface area contributed by atoms with Crippen molar-refractivity contribution in [1.29, 1.82) is 5.26 Å². The molecule has 1 aromatic heterocycles. The zero-order valence-electron chi connectivity index (χ0n) is 16.9. The van der Waals surface area contributed by atoms with E-state index in [0.29, 0.717) is 25.3 Å². The molecule has 0 spiro atoms. The molecule has 1 N–H and O–H groups in total. The third-order valence-corrected chi connectivity index (χ3v) is 7.36. The number of anilines is 1. The van der Waals surface area contributed by atoms with Crippen LogP contribution in [0.5, 0.6) is 11.5 Å². The van der Waals surface area contributed by atoms with E-state index >= 15 is 0 Å². The monoisotopic (exact) mass is 423 g/mol. The van der Waals surface area contributed by atoms with Crippen molar-refractivity contribution in [2.75, 3.05) is 31.6 Å². The highest BCUT2D eigenvalue weighted by Gasteiger charge is 2.29. The maximum atomic E-state index is 12.8. The van der Waals surface area contributed by atoms with Crippen LogP contribution in [0, 0.1) is 11.3 Å². The Morgan fingerprint density at radius 1 is 1.20 bits per heavy atom. The molecule has 6 nitrogen and oxygen atoms in total. The zero-order valence-corrected chi connectivity index (χ0v) is 17.7. The van der Waals surface area contributed by atoms with Crippen LogP contribution in [-0.2, 0) is 17.6 Å². The number of carbonyl (C=O) groups excluding carboxylic acids is 1. The normalized spacial score (nSPS) is 20.4. The summed E-state index contributed by atoms with van der Waals surface area (Å²) in [7, 11) is 0. The van der Waals surface area contributed by atoms with Crippen molar-refractivity contribution in [3.05, 3.63) is 39.8 Å². The fourth-order valence-electron chi connectivity index (χ4n) is 4.74. The van der Waals surface area contributed by atoms with Gasteiger partial charge in [-0.25, -0.2) is 0 Å². The number of aryl methyl sites for hydroxylation is 1. The topological polar surface area (TPSA) is 74.6 Å². The number of nitrogens with one attached hydrogen (secondary N) is 1. The lowest BCUT2D eigenvalue weighted by Crippen LogP contribution is -2.32. The largest absolute Gasteiger partial charge is 0.490 e. The Bertz CT molecular complexity index is 1010. The number of amides is 1. The molecule has 1 aromatic carbocycles. The first-order valence-corrected chi connectivity index (χ1v) is 11.5. The summed E-state index contributed by atoms with van der Waals surface area (Å²) >= 11 is 1.57. The molecule has 0 saturated carbocycles. The Balaban J connectivity index is 1.29. The SMILES string of the molecule is N#Cc1c(NC(=O)CN2CCC[C@H]2c2ccc3c(c2)OCCCO3)sc2c1CCC2. The van der Waals surface area contributed by atoms with E-state index in [4.69, 9.17) is 9.47 Å². The van der Waals surface area contributed by atoms with Crippen LogP contribution in [0.25, 0.3) is 0 Å². The molecule has 3 aliphatic rings. The van der Waals surface area contributed by atoms with Crippen LogP contribution in [0.4, 0.5) is 5.00 Å².